The van der Waals surface area contributed by atoms with Gasteiger partial charge in [-0.1, -0.05) is 12.1 Å². The Kier molecular flexibility index (Phi) is 6.74. The fraction of sp³-hybridized carbons (Fsp3) is 0.379. The first-order valence-electron chi connectivity index (χ1n) is 13.4. The van der Waals surface area contributed by atoms with Gasteiger partial charge < -0.3 is 10.0 Å². The van der Waals surface area contributed by atoms with E-state index in [-0.39, 0.29) is 23.8 Å². The summed E-state index contributed by atoms with van der Waals surface area (Å²) in [6.07, 6.45) is 6.05. The molecule has 0 bridgehead atoms. The van der Waals surface area contributed by atoms with E-state index in [4.69, 9.17) is 0 Å². The van der Waals surface area contributed by atoms with E-state index in [1.165, 1.54) is 52.3 Å². The molecule has 0 unspecified atom stereocenters. The first-order chi connectivity index (χ1) is 18.9. The maximum atomic E-state index is 13.3. The summed E-state index contributed by atoms with van der Waals surface area (Å²) < 4.78 is 16.2. The Bertz CT molecular complexity index is 1530. The summed E-state index contributed by atoms with van der Waals surface area (Å²) in [6.45, 7) is 4.05. The smallest absolute Gasteiger partial charge is 0.264 e. The second kappa shape index (κ2) is 10.3. The minimum Gasteiger partial charge on any atom is -0.388 e. The van der Waals surface area contributed by atoms with Gasteiger partial charge in [-0.05, 0) is 80.7 Å². The Morgan fingerprint density at radius 3 is 2.36 bits per heavy atom. The van der Waals surface area contributed by atoms with E-state index in [9.17, 15) is 19.1 Å². The van der Waals surface area contributed by atoms with Crippen LogP contribution in [0.2, 0.25) is 0 Å². The molecule has 39 heavy (non-hydrogen) atoms. The molecule has 2 saturated heterocycles. The van der Waals surface area contributed by atoms with Crippen molar-refractivity contribution in [2.75, 3.05) is 26.2 Å². The highest BCUT2D eigenvalue weighted by Crippen LogP contribution is 2.25. The Morgan fingerprint density at radius 2 is 1.67 bits per heavy atom. The van der Waals surface area contributed by atoms with Crippen molar-refractivity contribution in [2.24, 2.45) is 0 Å². The highest BCUT2D eigenvalue weighted by molar-refractivity contribution is 5.94. The first kappa shape index (κ1) is 25.4. The number of fused-ring (bicyclic) bond motifs is 1. The van der Waals surface area contributed by atoms with Gasteiger partial charge in [0.2, 0.25) is 0 Å². The standard InChI is InChI=1S/C29H31FN6O3/c30-23-7-9-24(10-8-23)36-26-25(17-32-36)28(38)35(20-31-26)19-29(39)11-15-34(16-12-29)27(37)22-5-3-21(4-6-22)18-33-13-1-2-14-33/h3-10,17,20,39H,1-2,11-16,18-19H2. The molecule has 2 aliphatic heterocycles. The third-order valence-corrected chi connectivity index (χ3v) is 7.88. The average molecular weight is 531 g/mol. The van der Waals surface area contributed by atoms with Crippen LogP contribution in [0.15, 0.2) is 65.8 Å². The molecular weight excluding hydrogens is 499 g/mol. The number of carbonyl (C=O) groups is 1. The van der Waals surface area contributed by atoms with Crippen molar-refractivity contribution in [3.63, 3.8) is 0 Å². The summed E-state index contributed by atoms with van der Waals surface area (Å²) in [5, 5.41) is 15.9. The molecule has 10 heteroatoms. The van der Waals surface area contributed by atoms with Crippen LogP contribution in [0.25, 0.3) is 16.7 Å². The average Bonchev–Trinajstić information content (AvgIpc) is 3.62. The number of aromatic nitrogens is 4. The summed E-state index contributed by atoms with van der Waals surface area (Å²) in [5.41, 5.74) is 1.36. The van der Waals surface area contributed by atoms with Gasteiger partial charge in [-0.15, -0.1) is 0 Å². The van der Waals surface area contributed by atoms with Crippen LogP contribution >= 0.6 is 0 Å². The van der Waals surface area contributed by atoms with Crippen LogP contribution in [0.3, 0.4) is 0 Å². The van der Waals surface area contributed by atoms with Gasteiger partial charge in [-0.3, -0.25) is 19.1 Å². The van der Waals surface area contributed by atoms with Gasteiger partial charge in [-0.2, -0.15) is 5.10 Å². The van der Waals surface area contributed by atoms with E-state index in [1.54, 1.807) is 17.0 Å². The molecule has 6 rings (SSSR count). The van der Waals surface area contributed by atoms with Crippen molar-refractivity contribution in [3.8, 4) is 5.69 Å². The number of likely N-dealkylation sites (tertiary alicyclic amines) is 2. The lowest BCUT2D eigenvalue weighted by Gasteiger charge is -2.38. The first-order valence-corrected chi connectivity index (χ1v) is 13.4. The van der Waals surface area contributed by atoms with E-state index in [0.717, 1.165) is 19.6 Å². The second-order valence-corrected chi connectivity index (χ2v) is 10.6. The Hall–Kier alpha value is -3.89. The van der Waals surface area contributed by atoms with Crippen molar-refractivity contribution >= 4 is 16.9 Å². The van der Waals surface area contributed by atoms with Crippen LogP contribution in [0.1, 0.15) is 41.6 Å². The molecule has 2 aliphatic rings. The molecule has 2 fully saturated rings. The predicted octanol–water partition coefficient (Wildman–Crippen LogP) is 2.98. The van der Waals surface area contributed by atoms with Crippen LogP contribution in [0.5, 0.6) is 0 Å². The monoisotopic (exact) mass is 530 g/mol. The SMILES string of the molecule is O=C(c1ccc(CN2CCCC2)cc1)N1CCC(O)(Cn2cnc3c(cnn3-c3ccc(F)cc3)c2=O)CC1. The van der Waals surface area contributed by atoms with Gasteiger partial charge in [0.25, 0.3) is 11.5 Å². The minimum absolute atomic E-state index is 0.0433. The summed E-state index contributed by atoms with van der Waals surface area (Å²) in [4.78, 5) is 34.9. The third kappa shape index (κ3) is 5.22. The second-order valence-electron chi connectivity index (χ2n) is 10.6. The lowest BCUT2D eigenvalue weighted by atomic mass is 9.91. The molecular formula is C29H31FN6O3. The summed E-state index contributed by atoms with van der Waals surface area (Å²) in [7, 11) is 0. The maximum Gasteiger partial charge on any atom is 0.264 e. The van der Waals surface area contributed by atoms with E-state index in [2.05, 4.69) is 15.0 Å². The number of piperidine rings is 1. The summed E-state index contributed by atoms with van der Waals surface area (Å²) in [5.74, 6) is -0.407. The molecule has 2 aromatic heterocycles. The van der Waals surface area contributed by atoms with Crippen molar-refractivity contribution in [1.82, 2.24) is 29.1 Å². The van der Waals surface area contributed by atoms with Gasteiger partial charge in [0.1, 0.15) is 17.5 Å². The Balaban J connectivity index is 1.10. The molecule has 0 saturated carbocycles. The van der Waals surface area contributed by atoms with Crippen molar-refractivity contribution in [2.45, 2.75) is 44.4 Å². The van der Waals surface area contributed by atoms with Gasteiger partial charge in [-0.25, -0.2) is 14.1 Å². The van der Waals surface area contributed by atoms with Crippen LogP contribution in [0, 0.1) is 5.82 Å². The van der Waals surface area contributed by atoms with Gasteiger partial charge in [0.05, 0.1) is 24.0 Å². The Labute approximate surface area is 225 Å². The number of amides is 1. The van der Waals surface area contributed by atoms with Crippen LogP contribution in [-0.2, 0) is 13.1 Å². The van der Waals surface area contributed by atoms with Crippen molar-refractivity contribution in [1.29, 1.82) is 0 Å². The zero-order valence-corrected chi connectivity index (χ0v) is 21.7. The van der Waals surface area contributed by atoms with Crippen LogP contribution < -0.4 is 5.56 Å². The topological polar surface area (TPSA) is 96.5 Å². The zero-order chi connectivity index (χ0) is 27.0. The summed E-state index contributed by atoms with van der Waals surface area (Å²) in [6, 6.07) is 13.6. The molecule has 0 spiro atoms. The maximum absolute atomic E-state index is 13.3. The number of benzene rings is 2. The number of carbonyl (C=O) groups excluding carboxylic acids is 1. The van der Waals surface area contributed by atoms with Gasteiger partial charge in [0, 0.05) is 25.2 Å². The highest BCUT2D eigenvalue weighted by atomic mass is 19.1. The van der Waals surface area contributed by atoms with Crippen LogP contribution in [-0.4, -0.2) is 71.9 Å². The molecule has 4 aromatic rings. The lowest BCUT2D eigenvalue weighted by molar-refractivity contribution is -0.0299. The zero-order valence-electron chi connectivity index (χ0n) is 21.7. The number of hydrogen-bond donors (Lipinski definition) is 1. The number of nitrogens with zero attached hydrogens (tertiary/aromatic N) is 6. The van der Waals surface area contributed by atoms with E-state index in [1.807, 2.05) is 24.3 Å². The van der Waals surface area contributed by atoms with E-state index < -0.39 is 5.60 Å². The lowest BCUT2D eigenvalue weighted by Crippen LogP contribution is -2.49. The number of aliphatic hydroxyl groups is 1. The number of rotatable bonds is 6. The predicted molar refractivity (Wildman–Crippen MR) is 144 cm³/mol. The number of halogens is 1. The minimum atomic E-state index is -1.14. The molecule has 9 nitrogen and oxygen atoms in total. The van der Waals surface area contributed by atoms with Crippen molar-refractivity contribution in [3.05, 3.63) is 88.4 Å². The molecule has 2 aromatic carbocycles. The quantitative estimate of drug-likeness (QED) is 0.412. The van der Waals surface area contributed by atoms with E-state index >= 15 is 0 Å². The molecule has 0 atom stereocenters. The summed E-state index contributed by atoms with van der Waals surface area (Å²) >= 11 is 0. The molecule has 4 heterocycles. The molecule has 0 aliphatic carbocycles. The fourth-order valence-corrected chi connectivity index (χ4v) is 5.57. The normalized spacial score (nSPS) is 17.6. The molecule has 1 amide bonds. The van der Waals surface area contributed by atoms with Gasteiger partial charge >= 0.3 is 0 Å². The van der Waals surface area contributed by atoms with Crippen molar-refractivity contribution < 1.29 is 14.3 Å². The highest BCUT2D eigenvalue weighted by Gasteiger charge is 2.35. The number of hydrogen-bond acceptors (Lipinski definition) is 6. The molecule has 202 valence electrons. The molecule has 0 radical (unpaired) electrons. The third-order valence-electron chi connectivity index (χ3n) is 7.88. The van der Waals surface area contributed by atoms with Crippen LogP contribution in [0.4, 0.5) is 4.39 Å². The van der Waals surface area contributed by atoms with E-state index in [0.29, 0.717) is 48.2 Å². The Morgan fingerprint density at radius 1 is 0.974 bits per heavy atom. The fourth-order valence-electron chi connectivity index (χ4n) is 5.57. The molecule has 1 N–H and O–H groups in total. The van der Waals surface area contributed by atoms with Gasteiger partial charge in [0.15, 0.2) is 5.65 Å². The largest absolute Gasteiger partial charge is 0.388 e.